The first kappa shape index (κ1) is 14.6. The largest absolute Gasteiger partial charge is 0.479 e. The lowest BCUT2D eigenvalue weighted by Crippen LogP contribution is -2.23. The van der Waals surface area contributed by atoms with Crippen molar-refractivity contribution in [1.82, 2.24) is 14.8 Å². The molecule has 6 heteroatoms. The van der Waals surface area contributed by atoms with E-state index in [9.17, 15) is 9.90 Å². The summed E-state index contributed by atoms with van der Waals surface area (Å²) in [6, 6.07) is 0. The summed E-state index contributed by atoms with van der Waals surface area (Å²) >= 11 is 0. The number of rotatable bonds is 5. The number of carboxylic acids is 1. The number of aliphatic carboxylic acids is 1. The summed E-state index contributed by atoms with van der Waals surface area (Å²) < 4.78 is 1.87. The van der Waals surface area contributed by atoms with Crippen molar-refractivity contribution in [2.24, 2.45) is 5.41 Å². The fraction of sp³-hybridized carbons (Fsp3) is 0.750. The molecule has 1 atom stereocenters. The van der Waals surface area contributed by atoms with E-state index in [4.69, 9.17) is 5.11 Å². The molecule has 1 heterocycles. The molecule has 1 unspecified atom stereocenters. The highest BCUT2D eigenvalue weighted by molar-refractivity contribution is 5.71. The van der Waals surface area contributed by atoms with Gasteiger partial charge in [0, 0.05) is 19.4 Å². The average molecular weight is 255 g/mol. The van der Waals surface area contributed by atoms with Crippen molar-refractivity contribution in [2.45, 2.75) is 53.2 Å². The molecule has 2 N–H and O–H groups in total. The van der Waals surface area contributed by atoms with Crippen LogP contribution in [0.25, 0.3) is 0 Å². The Balaban J connectivity index is 2.76. The summed E-state index contributed by atoms with van der Waals surface area (Å²) in [5.41, 5.74) is 0.0859. The van der Waals surface area contributed by atoms with Gasteiger partial charge in [0.15, 0.2) is 6.10 Å². The fourth-order valence-corrected chi connectivity index (χ4v) is 1.70. The molecular weight excluding hydrogens is 234 g/mol. The molecule has 1 rings (SSSR count). The minimum atomic E-state index is -1.34. The van der Waals surface area contributed by atoms with Crippen LogP contribution in [-0.4, -0.2) is 37.1 Å². The molecule has 0 saturated carbocycles. The van der Waals surface area contributed by atoms with Crippen molar-refractivity contribution in [2.75, 3.05) is 0 Å². The molecule has 0 radical (unpaired) electrons. The number of aliphatic hydroxyl groups excluding tert-OH is 1. The van der Waals surface area contributed by atoms with Gasteiger partial charge in [-0.05, 0) is 12.3 Å². The Labute approximate surface area is 107 Å². The van der Waals surface area contributed by atoms with Gasteiger partial charge < -0.3 is 14.8 Å². The summed E-state index contributed by atoms with van der Waals surface area (Å²) in [7, 11) is 0. The molecule has 1 aromatic heterocycles. The number of carbonyl (C=O) groups is 1. The predicted molar refractivity (Wildman–Crippen MR) is 66.2 cm³/mol. The third kappa shape index (κ3) is 4.10. The van der Waals surface area contributed by atoms with Crippen LogP contribution in [0.4, 0.5) is 0 Å². The normalized spacial score (nSPS) is 13.6. The van der Waals surface area contributed by atoms with Crippen molar-refractivity contribution < 1.29 is 15.0 Å². The Morgan fingerprint density at radius 2 is 2.00 bits per heavy atom. The van der Waals surface area contributed by atoms with Crippen LogP contribution in [0, 0.1) is 12.3 Å². The van der Waals surface area contributed by atoms with Gasteiger partial charge in [-0.2, -0.15) is 0 Å². The summed E-state index contributed by atoms with van der Waals surface area (Å²) in [4.78, 5) is 10.6. The second-order valence-corrected chi connectivity index (χ2v) is 5.70. The molecule has 18 heavy (non-hydrogen) atoms. The number of carboxylic acid groups (broad SMARTS) is 1. The number of hydrogen-bond acceptors (Lipinski definition) is 4. The van der Waals surface area contributed by atoms with Crippen LogP contribution in [0.3, 0.4) is 0 Å². The van der Waals surface area contributed by atoms with E-state index in [2.05, 4.69) is 31.0 Å². The molecule has 0 aliphatic rings. The van der Waals surface area contributed by atoms with E-state index in [1.54, 1.807) is 0 Å². The lowest BCUT2D eigenvalue weighted by molar-refractivity contribution is -0.147. The Morgan fingerprint density at radius 3 is 2.50 bits per heavy atom. The van der Waals surface area contributed by atoms with Gasteiger partial charge >= 0.3 is 5.97 Å². The van der Waals surface area contributed by atoms with Crippen LogP contribution in [0.5, 0.6) is 0 Å². The molecule has 0 aliphatic carbocycles. The van der Waals surface area contributed by atoms with Gasteiger partial charge in [0.2, 0.25) is 0 Å². The van der Waals surface area contributed by atoms with Crippen molar-refractivity contribution in [3.8, 4) is 0 Å². The van der Waals surface area contributed by atoms with Gasteiger partial charge in [-0.25, -0.2) is 4.79 Å². The minimum Gasteiger partial charge on any atom is -0.479 e. The molecule has 0 spiro atoms. The van der Waals surface area contributed by atoms with Crippen molar-refractivity contribution in [3.63, 3.8) is 0 Å². The Kier molecular flexibility index (Phi) is 4.45. The topological polar surface area (TPSA) is 88.2 Å². The molecule has 0 aliphatic heterocycles. The summed E-state index contributed by atoms with van der Waals surface area (Å²) in [5.74, 6) is 0.377. The third-order valence-corrected chi connectivity index (χ3v) is 2.61. The number of aromatic nitrogens is 3. The number of aryl methyl sites for hydroxylation is 1. The van der Waals surface area contributed by atoms with Crippen LogP contribution >= 0.6 is 0 Å². The van der Waals surface area contributed by atoms with Crippen molar-refractivity contribution >= 4 is 5.97 Å². The molecular formula is C12H21N3O3. The van der Waals surface area contributed by atoms with Crippen LogP contribution in [0.15, 0.2) is 0 Å². The van der Waals surface area contributed by atoms with Gasteiger partial charge in [0.1, 0.15) is 11.6 Å². The summed E-state index contributed by atoms with van der Waals surface area (Å²) in [6.07, 6.45) is -0.420. The smallest absolute Gasteiger partial charge is 0.332 e. The summed E-state index contributed by atoms with van der Waals surface area (Å²) in [5, 5.41) is 26.0. The highest BCUT2D eigenvalue weighted by Crippen LogP contribution is 2.20. The number of nitrogens with zero attached hydrogens (tertiary/aromatic N) is 3. The first-order chi connectivity index (χ1) is 8.20. The zero-order chi connectivity index (χ0) is 13.9. The minimum absolute atomic E-state index is 0.0859. The maximum atomic E-state index is 10.6. The van der Waals surface area contributed by atoms with Crippen LogP contribution in [-0.2, 0) is 17.8 Å². The fourth-order valence-electron chi connectivity index (χ4n) is 1.70. The second-order valence-electron chi connectivity index (χ2n) is 5.70. The number of hydrogen-bond donors (Lipinski definition) is 2. The molecule has 0 saturated heterocycles. The van der Waals surface area contributed by atoms with E-state index in [0.717, 1.165) is 18.1 Å². The van der Waals surface area contributed by atoms with E-state index >= 15 is 0 Å². The Bertz CT molecular complexity index is 421. The monoisotopic (exact) mass is 255 g/mol. The van der Waals surface area contributed by atoms with Gasteiger partial charge in [-0.3, -0.25) is 0 Å². The predicted octanol–water partition coefficient (Wildman–Crippen LogP) is 1.01. The lowest BCUT2D eigenvalue weighted by Gasteiger charge is -2.18. The lowest BCUT2D eigenvalue weighted by atomic mass is 9.92. The quantitative estimate of drug-likeness (QED) is 0.819. The molecule has 0 amide bonds. The maximum Gasteiger partial charge on any atom is 0.332 e. The molecule has 1 aromatic rings. The van der Waals surface area contributed by atoms with Crippen LogP contribution in [0.1, 0.15) is 38.8 Å². The molecule has 0 bridgehead atoms. The standard InChI is InChI=1S/C12H21N3O3/c1-8-13-14-10(7-12(2,3)4)15(8)6-5-9(16)11(17)18/h9,16H,5-7H2,1-4H3,(H,17,18). The highest BCUT2D eigenvalue weighted by atomic mass is 16.4. The Morgan fingerprint density at radius 1 is 1.39 bits per heavy atom. The van der Waals surface area contributed by atoms with E-state index in [1.807, 2.05) is 11.5 Å². The third-order valence-electron chi connectivity index (χ3n) is 2.61. The second kappa shape index (κ2) is 5.48. The molecule has 102 valence electrons. The molecule has 0 fully saturated rings. The maximum absolute atomic E-state index is 10.6. The van der Waals surface area contributed by atoms with E-state index in [-0.39, 0.29) is 11.8 Å². The van der Waals surface area contributed by atoms with E-state index in [0.29, 0.717) is 6.54 Å². The average Bonchev–Trinajstić information content (AvgIpc) is 2.54. The van der Waals surface area contributed by atoms with Gasteiger partial charge in [0.05, 0.1) is 0 Å². The number of aliphatic hydroxyl groups is 1. The van der Waals surface area contributed by atoms with Crippen molar-refractivity contribution in [3.05, 3.63) is 11.6 Å². The van der Waals surface area contributed by atoms with Gasteiger partial charge in [-0.1, -0.05) is 20.8 Å². The SMILES string of the molecule is Cc1nnc(CC(C)(C)C)n1CCC(O)C(=O)O. The highest BCUT2D eigenvalue weighted by Gasteiger charge is 2.19. The first-order valence-corrected chi connectivity index (χ1v) is 6.00. The van der Waals surface area contributed by atoms with Crippen LogP contribution < -0.4 is 0 Å². The van der Waals surface area contributed by atoms with E-state index in [1.165, 1.54) is 0 Å². The molecule has 0 aromatic carbocycles. The van der Waals surface area contributed by atoms with Gasteiger partial charge in [-0.15, -0.1) is 10.2 Å². The van der Waals surface area contributed by atoms with Gasteiger partial charge in [0.25, 0.3) is 0 Å². The molecule has 6 nitrogen and oxygen atoms in total. The Hall–Kier alpha value is -1.43. The first-order valence-electron chi connectivity index (χ1n) is 6.00. The summed E-state index contributed by atoms with van der Waals surface area (Å²) in [6.45, 7) is 8.55. The van der Waals surface area contributed by atoms with Crippen molar-refractivity contribution in [1.29, 1.82) is 0 Å². The zero-order valence-corrected chi connectivity index (χ0v) is 11.3. The zero-order valence-electron chi connectivity index (χ0n) is 11.3. The van der Waals surface area contributed by atoms with E-state index < -0.39 is 12.1 Å². The van der Waals surface area contributed by atoms with Crippen LogP contribution in [0.2, 0.25) is 0 Å².